The number of carbonyl (C=O) groups excluding carboxylic acids is 1. The third-order valence-corrected chi connectivity index (χ3v) is 1.72. The van der Waals surface area contributed by atoms with Crippen molar-refractivity contribution < 1.29 is 4.79 Å². The summed E-state index contributed by atoms with van der Waals surface area (Å²) in [6.45, 7) is 0. The Morgan fingerprint density at radius 2 is 1.86 bits per heavy atom. The molecule has 0 aromatic heterocycles. The van der Waals surface area contributed by atoms with E-state index in [9.17, 15) is 4.79 Å². The van der Waals surface area contributed by atoms with E-state index < -0.39 is 0 Å². The molecule has 4 nitrogen and oxygen atoms in total. The predicted octanol–water partition coefficient (Wildman–Crippen LogP) is 0.913. The van der Waals surface area contributed by atoms with Crippen LogP contribution in [0.4, 0.5) is 0 Å². The molecule has 0 radical (unpaired) electrons. The van der Waals surface area contributed by atoms with Gasteiger partial charge in [0, 0.05) is 19.7 Å². The smallest absolute Gasteiger partial charge is 0.257 e. The van der Waals surface area contributed by atoms with Crippen LogP contribution in [0.3, 0.4) is 0 Å². The highest BCUT2D eigenvalue weighted by Gasteiger charge is 2.07. The minimum atomic E-state index is -0.260. The van der Waals surface area contributed by atoms with Gasteiger partial charge >= 0.3 is 0 Å². The molecule has 74 valence electrons. The molecule has 2 N–H and O–H groups in total. The summed E-state index contributed by atoms with van der Waals surface area (Å²) in [6, 6.07) is 8.83. The van der Waals surface area contributed by atoms with Crippen molar-refractivity contribution in [3.63, 3.8) is 0 Å². The maximum absolute atomic E-state index is 11.5. The van der Waals surface area contributed by atoms with Crippen molar-refractivity contribution in [2.45, 2.75) is 0 Å². The molecule has 1 rings (SSSR count). The summed E-state index contributed by atoms with van der Waals surface area (Å²) in [5.74, 6) is -0.178. The molecule has 1 aromatic carbocycles. The molecule has 0 aliphatic rings. The average Bonchev–Trinajstić information content (AvgIpc) is 2.19. The molecule has 0 spiro atoms. The number of rotatable bonds is 1. The Bertz CT molecular complexity index is 332. The summed E-state index contributed by atoms with van der Waals surface area (Å²) in [7, 11) is 3.40. The molecule has 14 heavy (non-hydrogen) atoms. The van der Waals surface area contributed by atoms with Crippen LogP contribution in [0, 0.1) is 5.41 Å². The lowest BCUT2D eigenvalue weighted by Gasteiger charge is -2.13. The van der Waals surface area contributed by atoms with Crippen molar-refractivity contribution in [3.8, 4) is 0 Å². The van der Waals surface area contributed by atoms with Crippen molar-refractivity contribution in [2.24, 2.45) is 0 Å². The normalized spacial score (nSPS) is 9.29. The fourth-order valence-corrected chi connectivity index (χ4v) is 0.881. The van der Waals surface area contributed by atoms with E-state index >= 15 is 0 Å². The molecule has 0 fully saturated rings. The number of nitrogens with zero attached hydrogens (tertiary/aromatic N) is 1. The number of benzene rings is 1. The number of nitrogens with one attached hydrogen (secondary N) is 2. The second kappa shape index (κ2) is 4.41. The van der Waals surface area contributed by atoms with E-state index in [1.54, 1.807) is 38.4 Å². The Morgan fingerprint density at radius 1 is 1.29 bits per heavy atom. The van der Waals surface area contributed by atoms with Gasteiger partial charge in [0.05, 0.1) is 0 Å². The third kappa shape index (κ3) is 2.58. The van der Waals surface area contributed by atoms with E-state index in [2.05, 4.69) is 5.32 Å². The van der Waals surface area contributed by atoms with Gasteiger partial charge in [0.25, 0.3) is 5.91 Å². The van der Waals surface area contributed by atoms with E-state index in [0.29, 0.717) is 5.56 Å². The molecule has 0 aliphatic heterocycles. The molecule has 0 saturated carbocycles. The Balaban J connectivity index is 2.65. The number of hydrogen-bond donors (Lipinski definition) is 2. The molecule has 1 amide bonds. The topological polar surface area (TPSA) is 56.2 Å². The fourth-order valence-electron chi connectivity index (χ4n) is 0.881. The lowest BCUT2D eigenvalue weighted by atomic mass is 10.2. The Morgan fingerprint density at radius 3 is 2.36 bits per heavy atom. The van der Waals surface area contributed by atoms with Gasteiger partial charge in [0.1, 0.15) is 0 Å². The predicted molar refractivity (Wildman–Crippen MR) is 55.3 cm³/mol. The Kier molecular flexibility index (Phi) is 3.23. The standard InChI is InChI=1S/C10H13N3O/c1-13(2)10(11)12-9(14)8-6-4-3-5-7-8/h3-7H,1-2H3,(H2,11,12,14). The van der Waals surface area contributed by atoms with Gasteiger partial charge < -0.3 is 4.90 Å². The van der Waals surface area contributed by atoms with Crippen LogP contribution in [0.1, 0.15) is 10.4 Å². The second-order valence-electron chi connectivity index (χ2n) is 3.06. The van der Waals surface area contributed by atoms with Gasteiger partial charge in [-0.1, -0.05) is 18.2 Å². The van der Waals surface area contributed by atoms with Crippen molar-refractivity contribution in [1.82, 2.24) is 10.2 Å². The number of guanidine groups is 1. The van der Waals surface area contributed by atoms with E-state index in [-0.39, 0.29) is 11.9 Å². The summed E-state index contributed by atoms with van der Waals surface area (Å²) in [5, 5.41) is 9.88. The molecular formula is C10H13N3O. The monoisotopic (exact) mass is 191 g/mol. The number of amides is 1. The minimum absolute atomic E-state index is 0.0823. The molecule has 0 bridgehead atoms. The van der Waals surface area contributed by atoms with Crippen LogP contribution >= 0.6 is 0 Å². The molecule has 0 atom stereocenters. The largest absolute Gasteiger partial charge is 0.349 e. The first kappa shape index (κ1) is 10.2. The first-order valence-corrected chi connectivity index (χ1v) is 4.23. The van der Waals surface area contributed by atoms with Crippen molar-refractivity contribution in [1.29, 1.82) is 5.41 Å². The van der Waals surface area contributed by atoms with Gasteiger partial charge in [-0.15, -0.1) is 0 Å². The van der Waals surface area contributed by atoms with Crippen LogP contribution in [0.15, 0.2) is 30.3 Å². The van der Waals surface area contributed by atoms with Crippen molar-refractivity contribution >= 4 is 11.9 Å². The van der Waals surface area contributed by atoms with E-state index in [0.717, 1.165) is 0 Å². The molecular weight excluding hydrogens is 178 g/mol. The lowest BCUT2D eigenvalue weighted by molar-refractivity contribution is 0.0973. The van der Waals surface area contributed by atoms with Crippen LogP contribution in [0.2, 0.25) is 0 Å². The lowest BCUT2D eigenvalue weighted by Crippen LogP contribution is -2.39. The summed E-state index contributed by atoms with van der Waals surface area (Å²) in [5.41, 5.74) is 0.555. The summed E-state index contributed by atoms with van der Waals surface area (Å²) in [6.07, 6.45) is 0. The zero-order chi connectivity index (χ0) is 10.6. The van der Waals surface area contributed by atoms with E-state index in [1.807, 2.05) is 6.07 Å². The maximum Gasteiger partial charge on any atom is 0.257 e. The average molecular weight is 191 g/mol. The van der Waals surface area contributed by atoms with Crippen LogP contribution < -0.4 is 5.32 Å². The van der Waals surface area contributed by atoms with Gasteiger partial charge in [-0.25, -0.2) is 0 Å². The summed E-state index contributed by atoms with van der Waals surface area (Å²) >= 11 is 0. The molecule has 1 aromatic rings. The van der Waals surface area contributed by atoms with Gasteiger partial charge in [0.15, 0.2) is 5.96 Å². The molecule has 4 heteroatoms. The molecule has 0 saturated heterocycles. The first-order chi connectivity index (χ1) is 6.61. The van der Waals surface area contributed by atoms with Crippen LogP contribution in [0.5, 0.6) is 0 Å². The fraction of sp³-hybridized carbons (Fsp3) is 0.200. The molecule has 0 heterocycles. The zero-order valence-electron chi connectivity index (χ0n) is 8.24. The number of hydrogen-bond acceptors (Lipinski definition) is 2. The number of carbonyl (C=O) groups is 1. The van der Waals surface area contributed by atoms with Crippen LogP contribution in [-0.2, 0) is 0 Å². The minimum Gasteiger partial charge on any atom is -0.349 e. The zero-order valence-corrected chi connectivity index (χ0v) is 8.24. The SMILES string of the molecule is CN(C)C(=N)NC(=O)c1ccccc1. The Hall–Kier alpha value is -1.84. The third-order valence-electron chi connectivity index (χ3n) is 1.72. The highest BCUT2D eigenvalue weighted by molar-refractivity contribution is 6.04. The summed E-state index contributed by atoms with van der Waals surface area (Å²) in [4.78, 5) is 13.0. The first-order valence-electron chi connectivity index (χ1n) is 4.23. The van der Waals surface area contributed by atoms with Gasteiger partial charge in [-0.2, -0.15) is 0 Å². The highest BCUT2D eigenvalue weighted by Crippen LogP contribution is 1.97. The molecule has 0 aliphatic carbocycles. The van der Waals surface area contributed by atoms with Crippen molar-refractivity contribution in [2.75, 3.05) is 14.1 Å². The Labute approximate surface area is 83.0 Å². The van der Waals surface area contributed by atoms with Gasteiger partial charge in [-0.05, 0) is 12.1 Å². The maximum atomic E-state index is 11.5. The summed E-state index contributed by atoms with van der Waals surface area (Å²) < 4.78 is 0. The van der Waals surface area contributed by atoms with Gasteiger partial charge in [-0.3, -0.25) is 15.5 Å². The molecule has 0 unspecified atom stereocenters. The van der Waals surface area contributed by atoms with E-state index in [4.69, 9.17) is 5.41 Å². The second-order valence-corrected chi connectivity index (χ2v) is 3.06. The highest BCUT2D eigenvalue weighted by atomic mass is 16.1. The quantitative estimate of drug-likeness (QED) is 0.512. The van der Waals surface area contributed by atoms with Crippen molar-refractivity contribution in [3.05, 3.63) is 35.9 Å². The van der Waals surface area contributed by atoms with Crippen LogP contribution in [0.25, 0.3) is 0 Å². The van der Waals surface area contributed by atoms with Crippen LogP contribution in [-0.4, -0.2) is 30.9 Å². The van der Waals surface area contributed by atoms with E-state index in [1.165, 1.54) is 4.90 Å². The van der Waals surface area contributed by atoms with Gasteiger partial charge in [0.2, 0.25) is 0 Å².